The number of hydroxylamine groups is 2. The van der Waals surface area contributed by atoms with Crippen LogP contribution in [0.25, 0.3) is 0 Å². The predicted molar refractivity (Wildman–Crippen MR) is 150 cm³/mol. The predicted octanol–water partition coefficient (Wildman–Crippen LogP) is 4.42. The fraction of sp³-hybridized carbons (Fsp3) is 0.786. The highest BCUT2D eigenvalue weighted by Gasteiger charge is 2.19. The van der Waals surface area contributed by atoms with E-state index in [-0.39, 0.29) is 11.7 Å². The zero-order chi connectivity index (χ0) is 27.4. The van der Waals surface area contributed by atoms with E-state index in [1.165, 1.54) is 51.4 Å². The Kier molecular flexibility index (Phi) is 16.6. The van der Waals surface area contributed by atoms with Gasteiger partial charge >= 0.3 is 5.91 Å². The number of likely N-dealkylation sites (N-methyl/N-ethyl adjacent to an activating group) is 1. The van der Waals surface area contributed by atoms with Crippen molar-refractivity contribution in [3.8, 4) is 0 Å². The largest absolute Gasteiger partial charge is 0.626 e. The van der Waals surface area contributed by atoms with Gasteiger partial charge in [-0.1, -0.05) is 77.6 Å². The van der Waals surface area contributed by atoms with Crippen molar-refractivity contribution in [3.63, 3.8) is 0 Å². The minimum absolute atomic E-state index is 0.213. The molecule has 0 aliphatic carbocycles. The van der Waals surface area contributed by atoms with E-state index in [2.05, 4.69) is 26.5 Å². The molecule has 1 N–H and O–H groups in total. The minimum Gasteiger partial charge on any atom is -0.626 e. The molecule has 1 saturated heterocycles. The van der Waals surface area contributed by atoms with E-state index in [0.29, 0.717) is 12.1 Å². The van der Waals surface area contributed by atoms with Crippen LogP contribution in [-0.2, 0) is 4.84 Å². The molecule has 1 aliphatic heterocycles. The van der Waals surface area contributed by atoms with Gasteiger partial charge in [-0.2, -0.15) is 0 Å². The third-order valence-corrected chi connectivity index (χ3v) is 7.40. The fourth-order valence-electron chi connectivity index (χ4n) is 4.92. The number of piperazine rings is 1. The standard InChI is InChI=1S/C28H49N5O5/c1-2-30-20-22-31(23-21-30)27-18-17-26(25-29-27)28(34)32(35)19-15-13-11-9-7-5-3-4-6-8-10-12-14-16-24-38-33(36)37/h17-18,25,32H,2-16,19-24H2,1H3. The van der Waals surface area contributed by atoms with Crippen LogP contribution in [0.5, 0.6) is 0 Å². The number of hydrogen-bond donors (Lipinski definition) is 1. The number of anilines is 1. The summed E-state index contributed by atoms with van der Waals surface area (Å²) in [5.74, 6) is 0.462. The normalized spacial score (nSPS) is 14.9. The number of nitrogens with one attached hydrogen (secondary N) is 1. The lowest BCUT2D eigenvalue weighted by atomic mass is 10.0. The quantitative estimate of drug-likeness (QED) is 0.140. The van der Waals surface area contributed by atoms with Gasteiger partial charge in [0.1, 0.15) is 5.82 Å². The Bertz CT molecular complexity index is 771. The van der Waals surface area contributed by atoms with Gasteiger partial charge in [-0.3, -0.25) is 0 Å². The second-order valence-electron chi connectivity index (χ2n) is 10.3. The fourth-order valence-corrected chi connectivity index (χ4v) is 4.92. The van der Waals surface area contributed by atoms with Crippen molar-refractivity contribution in [2.45, 2.75) is 96.8 Å². The average Bonchev–Trinajstić information content (AvgIpc) is 2.94. The topological polar surface area (TPSA) is 116 Å². The molecule has 0 spiro atoms. The number of unbranched alkanes of at least 4 members (excludes halogenated alkanes) is 13. The van der Waals surface area contributed by atoms with Crippen LogP contribution in [0.1, 0.15) is 107 Å². The summed E-state index contributed by atoms with van der Waals surface area (Å²) in [5.41, 5.74) is 0.397. The zero-order valence-electron chi connectivity index (χ0n) is 23.4. The second kappa shape index (κ2) is 19.7. The van der Waals surface area contributed by atoms with Gasteiger partial charge in [0, 0.05) is 32.4 Å². The molecule has 1 aromatic heterocycles. The molecular weight excluding hydrogens is 486 g/mol. The lowest BCUT2D eigenvalue weighted by Gasteiger charge is -2.34. The smallest absolute Gasteiger partial charge is 0.345 e. The van der Waals surface area contributed by atoms with Crippen LogP contribution < -0.4 is 9.96 Å². The molecule has 0 radical (unpaired) electrons. The van der Waals surface area contributed by atoms with Crippen LogP contribution in [0, 0.1) is 15.3 Å². The molecule has 38 heavy (non-hydrogen) atoms. The van der Waals surface area contributed by atoms with Gasteiger partial charge in [0.2, 0.25) is 0 Å². The molecule has 0 bridgehead atoms. The Labute approximate surface area is 228 Å². The number of carbonyl (C=O) groups excluding carboxylic acids is 1. The Morgan fingerprint density at radius 1 is 0.895 bits per heavy atom. The Morgan fingerprint density at radius 2 is 1.42 bits per heavy atom. The number of pyridine rings is 1. The first kappa shape index (κ1) is 31.9. The molecule has 2 rings (SSSR count). The molecule has 1 aliphatic rings. The Balaban J connectivity index is 1.41. The van der Waals surface area contributed by atoms with Gasteiger partial charge in [0.15, 0.2) is 0 Å². The van der Waals surface area contributed by atoms with Crippen molar-refractivity contribution < 1.29 is 19.8 Å². The molecule has 1 unspecified atom stereocenters. The van der Waals surface area contributed by atoms with Crippen molar-refractivity contribution in [1.29, 1.82) is 0 Å². The van der Waals surface area contributed by atoms with Crippen LogP contribution in [0.15, 0.2) is 18.3 Å². The van der Waals surface area contributed by atoms with Gasteiger partial charge in [0.05, 0.1) is 18.7 Å². The summed E-state index contributed by atoms with van der Waals surface area (Å²) in [7, 11) is 0. The zero-order valence-corrected chi connectivity index (χ0v) is 23.4. The number of hydrogen-bond acceptors (Lipinski definition) is 8. The molecule has 10 nitrogen and oxygen atoms in total. The first-order valence-electron chi connectivity index (χ1n) is 14.8. The van der Waals surface area contributed by atoms with E-state index in [1.54, 1.807) is 12.3 Å². The van der Waals surface area contributed by atoms with E-state index in [0.717, 1.165) is 77.1 Å². The van der Waals surface area contributed by atoms with Gasteiger partial charge in [-0.05, 0) is 37.9 Å². The van der Waals surface area contributed by atoms with E-state index in [4.69, 9.17) is 0 Å². The molecule has 1 amide bonds. The summed E-state index contributed by atoms with van der Waals surface area (Å²) in [6, 6.07) is 3.61. The molecule has 1 fully saturated rings. The Hall–Kier alpha value is -2.30. The van der Waals surface area contributed by atoms with E-state index in [9.17, 15) is 20.1 Å². The maximum atomic E-state index is 12.5. The molecule has 10 heteroatoms. The average molecular weight is 536 g/mol. The summed E-state index contributed by atoms with van der Waals surface area (Å²) >= 11 is 0. The number of aromatic nitrogens is 1. The molecule has 0 saturated carbocycles. The molecule has 216 valence electrons. The number of quaternary nitrogens is 1. The Morgan fingerprint density at radius 3 is 1.89 bits per heavy atom. The van der Waals surface area contributed by atoms with E-state index < -0.39 is 11.0 Å². The summed E-state index contributed by atoms with van der Waals surface area (Å²) in [4.78, 5) is 35.9. The summed E-state index contributed by atoms with van der Waals surface area (Å²) in [6.45, 7) is 7.68. The van der Waals surface area contributed by atoms with Crippen LogP contribution in [-0.4, -0.2) is 66.8 Å². The number of amides is 1. The third-order valence-electron chi connectivity index (χ3n) is 7.40. The lowest BCUT2D eigenvalue weighted by molar-refractivity contribution is -0.757. The molecule has 1 aromatic rings. The van der Waals surface area contributed by atoms with Crippen LogP contribution in [0.2, 0.25) is 0 Å². The molecular formula is C28H49N5O5. The second-order valence-corrected chi connectivity index (χ2v) is 10.3. The van der Waals surface area contributed by atoms with Crippen LogP contribution >= 0.6 is 0 Å². The van der Waals surface area contributed by atoms with Crippen molar-refractivity contribution in [1.82, 2.24) is 9.88 Å². The van der Waals surface area contributed by atoms with E-state index >= 15 is 0 Å². The number of rotatable bonds is 21. The summed E-state index contributed by atoms with van der Waals surface area (Å²) < 4.78 is 0. The maximum Gasteiger partial charge on any atom is 0.345 e. The maximum absolute atomic E-state index is 12.5. The third kappa shape index (κ3) is 13.5. The molecule has 1 atom stereocenters. The van der Waals surface area contributed by atoms with Gasteiger partial charge in [0.25, 0.3) is 5.09 Å². The van der Waals surface area contributed by atoms with Gasteiger partial charge in [-0.25, -0.2) is 9.78 Å². The minimum atomic E-state index is -0.724. The highest BCUT2D eigenvalue weighted by Crippen LogP contribution is 2.15. The van der Waals surface area contributed by atoms with Gasteiger partial charge in [-0.15, -0.1) is 10.1 Å². The summed E-state index contributed by atoms with van der Waals surface area (Å²) in [6.07, 6.45) is 17.2. The lowest BCUT2D eigenvalue weighted by Crippen LogP contribution is -3.10. The van der Waals surface area contributed by atoms with Gasteiger partial charge < -0.3 is 24.9 Å². The highest BCUT2D eigenvalue weighted by molar-refractivity contribution is 5.87. The van der Waals surface area contributed by atoms with Crippen molar-refractivity contribution >= 4 is 11.7 Å². The molecule has 2 heterocycles. The van der Waals surface area contributed by atoms with Crippen LogP contribution in [0.3, 0.4) is 0 Å². The first-order valence-corrected chi connectivity index (χ1v) is 14.8. The summed E-state index contributed by atoms with van der Waals surface area (Å²) in [5, 5.41) is 21.4. The van der Waals surface area contributed by atoms with E-state index in [1.807, 2.05) is 6.07 Å². The SMILES string of the molecule is CCN1CCN(c2ccc(C(=O)[NH+]([O-])CCCCCCCCCCCCCCCCO[N+](=O)[O-])cn2)CC1. The van der Waals surface area contributed by atoms with Crippen LogP contribution in [0.4, 0.5) is 5.82 Å². The van der Waals surface area contributed by atoms with Crippen molar-refractivity contribution in [3.05, 3.63) is 39.2 Å². The van der Waals surface area contributed by atoms with Crippen molar-refractivity contribution in [2.75, 3.05) is 50.8 Å². The van der Waals surface area contributed by atoms with Crippen molar-refractivity contribution in [2.24, 2.45) is 0 Å². The first-order chi connectivity index (χ1) is 18.5. The number of nitrogens with zero attached hydrogens (tertiary/aromatic N) is 4. The highest BCUT2D eigenvalue weighted by atomic mass is 16.9. The molecule has 0 aromatic carbocycles. The monoisotopic (exact) mass is 535 g/mol. The number of carbonyl (C=O) groups is 1.